The first kappa shape index (κ1) is 19.4. The third-order valence-corrected chi connectivity index (χ3v) is 6.45. The molecular weight excluding hydrogens is 388 g/mol. The van der Waals surface area contributed by atoms with Crippen LogP contribution in [0.15, 0.2) is 48.8 Å². The normalized spacial score (nSPS) is 15.9. The summed E-state index contributed by atoms with van der Waals surface area (Å²) in [5.41, 5.74) is 7.18. The Bertz CT molecular complexity index is 1280. The molecule has 3 heterocycles. The number of aromatic nitrogens is 3. The molecule has 1 amide bonds. The molecule has 1 aliphatic rings. The first-order valence-corrected chi connectivity index (χ1v) is 10.5. The molecular formula is C25H26N4O2. The van der Waals surface area contributed by atoms with E-state index in [-0.39, 0.29) is 11.9 Å². The number of nitrogens with one attached hydrogen (secondary N) is 1. The van der Waals surface area contributed by atoms with Crippen molar-refractivity contribution in [3.05, 3.63) is 82.6 Å². The van der Waals surface area contributed by atoms with E-state index in [2.05, 4.69) is 35.9 Å². The van der Waals surface area contributed by atoms with Gasteiger partial charge in [0.05, 0.1) is 24.6 Å². The number of aryl methyl sites for hydroxylation is 3. The van der Waals surface area contributed by atoms with E-state index in [0.717, 1.165) is 40.0 Å². The molecule has 1 unspecified atom stereocenters. The highest BCUT2D eigenvalue weighted by Gasteiger charge is 2.35. The van der Waals surface area contributed by atoms with Crippen molar-refractivity contribution in [2.24, 2.45) is 7.05 Å². The van der Waals surface area contributed by atoms with Crippen LogP contribution in [-0.2, 0) is 13.5 Å². The number of fused-ring (bicyclic) bond motifs is 2. The van der Waals surface area contributed by atoms with Crippen LogP contribution in [0.4, 0.5) is 0 Å². The molecule has 158 valence electrons. The van der Waals surface area contributed by atoms with Crippen LogP contribution in [0.2, 0.25) is 0 Å². The van der Waals surface area contributed by atoms with Gasteiger partial charge in [-0.25, -0.2) is 4.98 Å². The monoisotopic (exact) mass is 414 g/mol. The molecule has 4 aromatic rings. The summed E-state index contributed by atoms with van der Waals surface area (Å²) in [6.07, 6.45) is 2.48. The smallest absolute Gasteiger partial charge is 0.271 e. The molecule has 1 N–H and O–H groups in total. The lowest BCUT2D eigenvalue weighted by atomic mass is 9.95. The first-order valence-electron chi connectivity index (χ1n) is 10.5. The minimum Gasteiger partial charge on any atom is -0.497 e. The van der Waals surface area contributed by atoms with Gasteiger partial charge in [-0.2, -0.15) is 0 Å². The van der Waals surface area contributed by atoms with Crippen molar-refractivity contribution in [3.8, 4) is 5.75 Å². The lowest BCUT2D eigenvalue weighted by Gasteiger charge is -2.35. The molecule has 0 radical (unpaired) electrons. The molecule has 2 aromatic carbocycles. The zero-order chi connectivity index (χ0) is 21.7. The summed E-state index contributed by atoms with van der Waals surface area (Å²) in [7, 11) is 3.63. The maximum atomic E-state index is 13.9. The molecule has 0 bridgehead atoms. The lowest BCUT2D eigenvalue weighted by Crippen LogP contribution is -2.41. The van der Waals surface area contributed by atoms with Crippen LogP contribution >= 0.6 is 0 Å². The van der Waals surface area contributed by atoms with E-state index in [1.165, 1.54) is 11.1 Å². The van der Waals surface area contributed by atoms with Gasteiger partial charge >= 0.3 is 0 Å². The van der Waals surface area contributed by atoms with Gasteiger partial charge in [0.15, 0.2) is 0 Å². The van der Waals surface area contributed by atoms with E-state index in [4.69, 9.17) is 4.74 Å². The van der Waals surface area contributed by atoms with E-state index in [0.29, 0.717) is 12.2 Å². The second-order valence-corrected chi connectivity index (χ2v) is 8.24. The predicted molar refractivity (Wildman–Crippen MR) is 121 cm³/mol. The van der Waals surface area contributed by atoms with Crippen molar-refractivity contribution in [1.29, 1.82) is 0 Å². The van der Waals surface area contributed by atoms with Crippen molar-refractivity contribution >= 4 is 16.8 Å². The molecule has 1 atom stereocenters. The summed E-state index contributed by atoms with van der Waals surface area (Å²) >= 11 is 0. The van der Waals surface area contributed by atoms with Crippen molar-refractivity contribution < 1.29 is 9.53 Å². The van der Waals surface area contributed by atoms with Crippen LogP contribution in [0.1, 0.15) is 44.6 Å². The number of carbonyl (C=O) groups excluding carboxylic acids is 1. The molecule has 5 rings (SSSR count). The van der Waals surface area contributed by atoms with Gasteiger partial charge < -0.3 is 19.2 Å². The van der Waals surface area contributed by atoms with E-state index in [1.54, 1.807) is 13.4 Å². The summed E-state index contributed by atoms with van der Waals surface area (Å²) in [5, 5.41) is 1.13. The second-order valence-electron chi connectivity index (χ2n) is 8.24. The van der Waals surface area contributed by atoms with Crippen molar-refractivity contribution in [2.75, 3.05) is 13.7 Å². The van der Waals surface area contributed by atoms with Crippen molar-refractivity contribution in [2.45, 2.75) is 26.3 Å². The van der Waals surface area contributed by atoms with Crippen molar-refractivity contribution in [1.82, 2.24) is 19.4 Å². The Balaban J connectivity index is 1.62. The fraction of sp³-hybridized carbons (Fsp3) is 0.280. The topological polar surface area (TPSA) is 63.1 Å². The number of methoxy groups -OCH3 is 1. The van der Waals surface area contributed by atoms with Gasteiger partial charge in [0.1, 0.15) is 17.5 Å². The molecule has 0 spiro atoms. The van der Waals surface area contributed by atoms with E-state index in [9.17, 15) is 4.79 Å². The van der Waals surface area contributed by atoms with Crippen molar-refractivity contribution in [3.63, 3.8) is 0 Å². The summed E-state index contributed by atoms with van der Waals surface area (Å²) in [5.74, 6) is 0.811. The maximum absolute atomic E-state index is 13.9. The first-order chi connectivity index (χ1) is 15.0. The minimum absolute atomic E-state index is 0.0203. The molecule has 0 aliphatic carbocycles. The van der Waals surface area contributed by atoms with Gasteiger partial charge in [0, 0.05) is 31.1 Å². The maximum Gasteiger partial charge on any atom is 0.271 e. The molecule has 1 aliphatic heterocycles. The summed E-state index contributed by atoms with van der Waals surface area (Å²) < 4.78 is 7.35. The third kappa shape index (κ3) is 3.02. The van der Waals surface area contributed by atoms with E-state index >= 15 is 0 Å². The fourth-order valence-corrected chi connectivity index (χ4v) is 4.77. The fourth-order valence-electron chi connectivity index (χ4n) is 4.77. The Morgan fingerprint density at radius 2 is 1.87 bits per heavy atom. The largest absolute Gasteiger partial charge is 0.497 e. The highest BCUT2D eigenvalue weighted by atomic mass is 16.5. The number of imidazole rings is 1. The third-order valence-electron chi connectivity index (χ3n) is 6.45. The van der Waals surface area contributed by atoms with Crippen LogP contribution in [0, 0.1) is 13.8 Å². The summed E-state index contributed by atoms with van der Waals surface area (Å²) in [6, 6.07) is 13.9. The van der Waals surface area contributed by atoms with Gasteiger partial charge in [0.2, 0.25) is 0 Å². The van der Waals surface area contributed by atoms with Crippen LogP contribution in [0.5, 0.6) is 5.75 Å². The number of carbonyl (C=O) groups is 1. The number of H-pyrrole nitrogens is 1. The zero-order valence-electron chi connectivity index (χ0n) is 18.3. The molecule has 6 heteroatoms. The Morgan fingerprint density at radius 3 is 2.58 bits per heavy atom. The number of aromatic amines is 1. The second kappa shape index (κ2) is 7.30. The lowest BCUT2D eigenvalue weighted by molar-refractivity contribution is 0.0681. The number of benzene rings is 2. The Morgan fingerprint density at radius 1 is 1.13 bits per heavy atom. The minimum atomic E-state index is -0.242. The highest BCUT2D eigenvalue weighted by molar-refractivity contribution is 6.00. The van der Waals surface area contributed by atoms with Gasteiger partial charge in [0.25, 0.3) is 5.91 Å². The SMILES string of the molecule is COc1ccc(C2c3nc[nH]c3CCN2C(=O)c2cc3c(C)ccc(C)c3n2C)cc1. The number of nitrogens with zero attached hydrogens (tertiary/aromatic N) is 3. The summed E-state index contributed by atoms with van der Waals surface area (Å²) in [6.45, 7) is 4.81. The molecule has 0 saturated heterocycles. The quantitative estimate of drug-likeness (QED) is 0.543. The van der Waals surface area contributed by atoms with Crippen LogP contribution in [-0.4, -0.2) is 39.0 Å². The number of ether oxygens (including phenoxy) is 1. The molecule has 6 nitrogen and oxygen atoms in total. The predicted octanol–water partition coefficient (Wildman–Crippen LogP) is 4.31. The number of hydrogen-bond donors (Lipinski definition) is 1. The number of hydrogen-bond acceptors (Lipinski definition) is 3. The Labute approximate surface area is 181 Å². The Hall–Kier alpha value is -3.54. The van der Waals surface area contributed by atoms with Gasteiger partial charge in [-0.15, -0.1) is 0 Å². The van der Waals surface area contributed by atoms with Crippen LogP contribution in [0.3, 0.4) is 0 Å². The Kier molecular flexibility index (Phi) is 4.58. The average Bonchev–Trinajstić information content (AvgIpc) is 3.40. The van der Waals surface area contributed by atoms with E-state index < -0.39 is 0 Å². The average molecular weight is 415 g/mol. The highest BCUT2D eigenvalue weighted by Crippen LogP contribution is 2.36. The standard InChI is InChI=1S/C25H26N4O2/c1-15-5-6-16(2)23-19(15)13-21(28(23)3)25(30)29-12-11-20-22(27-14-26-20)24(29)17-7-9-18(31-4)10-8-17/h5-10,13-14,24H,11-12H2,1-4H3,(H,26,27). The molecule has 0 saturated carbocycles. The van der Waals surface area contributed by atoms with Gasteiger partial charge in [-0.1, -0.05) is 24.3 Å². The molecule has 2 aromatic heterocycles. The van der Waals surface area contributed by atoms with Gasteiger partial charge in [-0.3, -0.25) is 4.79 Å². The molecule has 0 fully saturated rings. The zero-order valence-corrected chi connectivity index (χ0v) is 18.3. The van der Waals surface area contributed by atoms with Gasteiger partial charge in [-0.05, 0) is 48.7 Å². The number of rotatable bonds is 3. The van der Waals surface area contributed by atoms with Crippen LogP contribution < -0.4 is 4.74 Å². The van der Waals surface area contributed by atoms with Crippen LogP contribution in [0.25, 0.3) is 10.9 Å². The number of amides is 1. The molecule has 31 heavy (non-hydrogen) atoms. The van der Waals surface area contributed by atoms with E-state index in [1.807, 2.05) is 46.8 Å². The summed E-state index contributed by atoms with van der Waals surface area (Å²) in [4.78, 5) is 23.7.